The lowest BCUT2D eigenvalue weighted by Crippen LogP contribution is -2.14. The van der Waals surface area contributed by atoms with Crippen molar-refractivity contribution in [1.82, 2.24) is 14.8 Å². The molecule has 16 heavy (non-hydrogen) atoms. The summed E-state index contributed by atoms with van der Waals surface area (Å²) in [6.45, 7) is 2.10. The molecule has 0 bridgehead atoms. The van der Waals surface area contributed by atoms with Crippen molar-refractivity contribution in [3.05, 3.63) is 34.0 Å². The Morgan fingerprint density at radius 3 is 3.00 bits per heavy atom. The quantitative estimate of drug-likeness (QED) is 0.878. The molecule has 0 fully saturated rings. The van der Waals surface area contributed by atoms with Gasteiger partial charge in [-0.25, -0.2) is 4.98 Å². The standard InChI is InChI=1S/C11H16N4S/c1-3-10-8(7-15(2)14-10)9(12)6-11-13-4-5-16-11/h4-5,7,9H,3,6,12H2,1-2H3. The zero-order valence-corrected chi connectivity index (χ0v) is 10.4. The van der Waals surface area contributed by atoms with Gasteiger partial charge in [0, 0.05) is 42.8 Å². The number of aryl methyl sites for hydroxylation is 2. The number of nitrogens with zero attached hydrogens (tertiary/aromatic N) is 3. The van der Waals surface area contributed by atoms with Gasteiger partial charge in [-0.3, -0.25) is 4.68 Å². The lowest BCUT2D eigenvalue weighted by Gasteiger charge is -2.08. The number of rotatable bonds is 4. The number of nitrogens with two attached hydrogens (primary N) is 1. The molecule has 0 aliphatic carbocycles. The molecule has 2 aromatic rings. The maximum absolute atomic E-state index is 6.19. The Labute approximate surface area is 99.1 Å². The minimum absolute atomic E-state index is 0.00481. The summed E-state index contributed by atoms with van der Waals surface area (Å²) in [5, 5.41) is 7.46. The van der Waals surface area contributed by atoms with Gasteiger partial charge in [0.05, 0.1) is 10.7 Å². The van der Waals surface area contributed by atoms with Crippen molar-refractivity contribution in [3.8, 4) is 0 Å². The molecule has 86 valence electrons. The average molecular weight is 236 g/mol. The van der Waals surface area contributed by atoms with Gasteiger partial charge in [0.25, 0.3) is 0 Å². The van der Waals surface area contributed by atoms with E-state index in [0.29, 0.717) is 0 Å². The summed E-state index contributed by atoms with van der Waals surface area (Å²) in [4.78, 5) is 4.26. The molecule has 0 saturated heterocycles. The SMILES string of the molecule is CCc1nn(C)cc1C(N)Cc1nccs1. The molecule has 0 saturated carbocycles. The normalized spacial score (nSPS) is 12.9. The minimum Gasteiger partial charge on any atom is -0.323 e. The Balaban J connectivity index is 2.16. The molecule has 2 heterocycles. The van der Waals surface area contributed by atoms with Crippen LogP contribution in [0.25, 0.3) is 0 Å². The maximum Gasteiger partial charge on any atom is 0.0943 e. The van der Waals surface area contributed by atoms with E-state index in [0.717, 1.165) is 29.1 Å². The van der Waals surface area contributed by atoms with E-state index in [1.54, 1.807) is 11.3 Å². The van der Waals surface area contributed by atoms with E-state index in [4.69, 9.17) is 5.73 Å². The van der Waals surface area contributed by atoms with Gasteiger partial charge in [0.1, 0.15) is 0 Å². The first-order chi connectivity index (χ1) is 7.70. The lowest BCUT2D eigenvalue weighted by atomic mass is 10.0. The van der Waals surface area contributed by atoms with Crippen molar-refractivity contribution in [2.75, 3.05) is 0 Å². The van der Waals surface area contributed by atoms with E-state index in [1.165, 1.54) is 0 Å². The predicted octanol–water partition coefficient (Wildman–Crippen LogP) is 1.68. The van der Waals surface area contributed by atoms with E-state index in [9.17, 15) is 0 Å². The zero-order valence-electron chi connectivity index (χ0n) is 9.55. The lowest BCUT2D eigenvalue weighted by molar-refractivity contribution is 0.708. The Kier molecular flexibility index (Phi) is 3.36. The van der Waals surface area contributed by atoms with Crippen LogP contribution in [0.1, 0.15) is 29.2 Å². The number of hydrogen-bond acceptors (Lipinski definition) is 4. The first-order valence-electron chi connectivity index (χ1n) is 5.37. The van der Waals surface area contributed by atoms with Crippen molar-refractivity contribution in [1.29, 1.82) is 0 Å². The Morgan fingerprint density at radius 2 is 2.38 bits per heavy atom. The molecule has 0 aliphatic heterocycles. The molecule has 0 amide bonds. The Hall–Kier alpha value is -1.20. The van der Waals surface area contributed by atoms with Crippen molar-refractivity contribution >= 4 is 11.3 Å². The van der Waals surface area contributed by atoms with E-state index >= 15 is 0 Å². The second-order valence-corrected chi connectivity index (χ2v) is 4.77. The van der Waals surface area contributed by atoms with Gasteiger partial charge in [-0.2, -0.15) is 5.10 Å². The monoisotopic (exact) mass is 236 g/mol. The highest BCUT2D eigenvalue weighted by molar-refractivity contribution is 7.09. The van der Waals surface area contributed by atoms with E-state index < -0.39 is 0 Å². The number of aromatic nitrogens is 3. The van der Waals surface area contributed by atoms with Crippen molar-refractivity contribution < 1.29 is 0 Å². The molecular formula is C11H16N4S. The summed E-state index contributed by atoms with van der Waals surface area (Å²) in [5.41, 5.74) is 8.42. The van der Waals surface area contributed by atoms with Crippen LogP contribution in [0, 0.1) is 0 Å². The van der Waals surface area contributed by atoms with E-state index in [1.807, 2.05) is 29.5 Å². The molecule has 1 atom stereocenters. The minimum atomic E-state index is -0.00481. The molecule has 2 N–H and O–H groups in total. The fourth-order valence-electron chi connectivity index (χ4n) is 1.79. The highest BCUT2D eigenvalue weighted by Gasteiger charge is 2.15. The summed E-state index contributed by atoms with van der Waals surface area (Å²) in [7, 11) is 1.93. The fraction of sp³-hybridized carbons (Fsp3) is 0.455. The van der Waals surface area contributed by atoms with Crippen LogP contribution in [0.5, 0.6) is 0 Å². The number of thiazole rings is 1. The van der Waals surface area contributed by atoms with Gasteiger partial charge in [-0.1, -0.05) is 6.92 Å². The fourth-order valence-corrected chi connectivity index (χ4v) is 2.47. The molecule has 4 nitrogen and oxygen atoms in total. The second kappa shape index (κ2) is 4.76. The highest BCUT2D eigenvalue weighted by atomic mass is 32.1. The third-order valence-corrected chi connectivity index (χ3v) is 3.35. The Morgan fingerprint density at radius 1 is 1.56 bits per heavy atom. The molecule has 1 unspecified atom stereocenters. The average Bonchev–Trinajstić information content (AvgIpc) is 2.86. The summed E-state index contributed by atoms with van der Waals surface area (Å²) >= 11 is 1.65. The maximum atomic E-state index is 6.19. The molecule has 0 aliphatic rings. The van der Waals surface area contributed by atoms with Crippen LogP contribution < -0.4 is 5.73 Å². The van der Waals surface area contributed by atoms with Crippen LogP contribution in [-0.4, -0.2) is 14.8 Å². The highest BCUT2D eigenvalue weighted by Crippen LogP contribution is 2.20. The molecule has 0 radical (unpaired) electrons. The first-order valence-corrected chi connectivity index (χ1v) is 6.25. The molecule has 2 aromatic heterocycles. The van der Waals surface area contributed by atoms with Gasteiger partial charge >= 0.3 is 0 Å². The van der Waals surface area contributed by atoms with Crippen LogP contribution >= 0.6 is 11.3 Å². The molecule has 0 aromatic carbocycles. The van der Waals surface area contributed by atoms with Crippen LogP contribution in [0.4, 0.5) is 0 Å². The molecular weight excluding hydrogens is 220 g/mol. The van der Waals surface area contributed by atoms with Crippen molar-refractivity contribution in [2.45, 2.75) is 25.8 Å². The number of hydrogen-bond donors (Lipinski definition) is 1. The largest absolute Gasteiger partial charge is 0.323 e. The summed E-state index contributed by atoms with van der Waals surface area (Å²) < 4.78 is 1.83. The van der Waals surface area contributed by atoms with Crippen LogP contribution in [0.2, 0.25) is 0 Å². The second-order valence-electron chi connectivity index (χ2n) is 3.79. The third kappa shape index (κ3) is 2.31. The van der Waals surface area contributed by atoms with Gasteiger partial charge in [0.2, 0.25) is 0 Å². The van der Waals surface area contributed by atoms with Crippen LogP contribution in [-0.2, 0) is 19.9 Å². The van der Waals surface area contributed by atoms with Crippen LogP contribution in [0.15, 0.2) is 17.8 Å². The Bertz CT molecular complexity index is 447. The van der Waals surface area contributed by atoms with Gasteiger partial charge in [-0.05, 0) is 6.42 Å². The van der Waals surface area contributed by atoms with Crippen LogP contribution in [0.3, 0.4) is 0 Å². The summed E-state index contributed by atoms with van der Waals surface area (Å²) in [6.07, 6.45) is 5.53. The van der Waals surface area contributed by atoms with Crippen molar-refractivity contribution in [2.24, 2.45) is 12.8 Å². The zero-order chi connectivity index (χ0) is 11.5. The van der Waals surface area contributed by atoms with Gasteiger partial charge < -0.3 is 5.73 Å². The summed E-state index contributed by atoms with van der Waals surface area (Å²) in [6, 6.07) is -0.00481. The smallest absolute Gasteiger partial charge is 0.0943 e. The van der Waals surface area contributed by atoms with E-state index in [2.05, 4.69) is 17.0 Å². The summed E-state index contributed by atoms with van der Waals surface area (Å²) in [5.74, 6) is 0. The topological polar surface area (TPSA) is 56.7 Å². The van der Waals surface area contributed by atoms with Crippen molar-refractivity contribution in [3.63, 3.8) is 0 Å². The van der Waals surface area contributed by atoms with E-state index in [-0.39, 0.29) is 6.04 Å². The van der Waals surface area contributed by atoms with Gasteiger partial charge in [0.15, 0.2) is 0 Å². The molecule has 5 heteroatoms. The third-order valence-electron chi connectivity index (χ3n) is 2.55. The molecule has 2 rings (SSSR count). The van der Waals surface area contributed by atoms with Gasteiger partial charge in [-0.15, -0.1) is 11.3 Å². The molecule has 0 spiro atoms. The first kappa shape index (κ1) is 11.3. The predicted molar refractivity (Wildman–Crippen MR) is 65.3 cm³/mol.